The van der Waals surface area contributed by atoms with Crippen LogP contribution >= 0.6 is 464 Å². The second-order valence-electron chi connectivity index (χ2n) is 12.1. The van der Waals surface area contributed by atoms with Gasteiger partial charge in [-0.15, -0.1) is 441 Å². The van der Waals surface area contributed by atoms with E-state index in [0.29, 0.717) is 0 Å². The van der Waals surface area contributed by atoms with E-state index in [2.05, 4.69) is 0 Å². The molecule has 0 aliphatic rings. The van der Waals surface area contributed by atoms with E-state index in [1.165, 1.54) is 0 Å². The Morgan fingerprint density at radius 1 is 0.118 bits per heavy atom. The molecule has 0 atom stereocenters. The minimum Gasteiger partial charge on any atom is -0.394 e. The van der Waals surface area contributed by atoms with Crippen LogP contribution in [0.3, 0.4) is 0 Å². The summed E-state index contributed by atoms with van der Waals surface area (Å²) in [6.07, 6.45) is 0. The van der Waals surface area contributed by atoms with Gasteiger partial charge in [-0.1, -0.05) is 23.2 Å². The Labute approximate surface area is 795 Å². The van der Waals surface area contributed by atoms with Crippen LogP contribution in [0.4, 0.5) is 0 Å². The molecule has 0 spiro atoms. The van der Waals surface area contributed by atoms with Crippen LogP contribution in [-0.2, 0) is 0 Å². The number of hydrogen-bond donors (Lipinski definition) is 21. The van der Waals surface area contributed by atoms with Gasteiger partial charge in [0.25, 0.3) is 0 Å². The summed E-state index contributed by atoms with van der Waals surface area (Å²) in [6, 6.07) is 0. The molecule has 61 heteroatoms. The Balaban J connectivity index is -0.0000000386. The van der Waals surface area contributed by atoms with Gasteiger partial charge >= 0.3 is 0 Å². The second-order valence-corrected chi connectivity index (χ2v) is 38.0. The fourth-order valence-electron chi connectivity index (χ4n) is 0.0500. The first-order chi connectivity index (χ1) is 46.3. The normalized spacial score (nSPS) is 9.76. The van der Waals surface area contributed by atoms with Crippen LogP contribution in [0, 0.1) is 0 Å². The van der Waals surface area contributed by atoms with E-state index in [-0.39, 0.29) is 126 Å². The molecule has 0 amide bonds. The van der Waals surface area contributed by atoms with Gasteiger partial charge in [0, 0.05) is 0 Å². The van der Waals surface area contributed by atoms with Gasteiger partial charge in [-0.05, 0) is 0 Å². The van der Waals surface area contributed by atoms with Crippen molar-refractivity contribution in [3.63, 3.8) is 0 Å². The molecule has 0 saturated carbocycles. The van der Waals surface area contributed by atoms with Gasteiger partial charge < -0.3 is 107 Å². The molecule has 652 valence electrons. The molecule has 0 fully saturated rings. The lowest BCUT2D eigenvalue weighted by Crippen LogP contribution is -2.22. The molecule has 0 aliphatic heterocycles. The summed E-state index contributed by atoms with van der Waals surface area (Å²) in [5, 5.41) is 166. The lowest BCUT2D eigenvalue weighted by Gasteiger charge is -2.10. The van der Waals surface area contributed by atoms with Crippen molar-refractivity contribution in [2.45, 2.75) is 96.2 Å². The SMILES string of the molecule is OCC(Cl)(Cl)CO.OCC(Cl)Cl.OCC(Cl)Cl.OCC(Cl)Cl.OCC(Cl)Cl.OCC(Cl)Cl.OCC(Cl)Cl.OCC(Cl)Cl.OCC(Cl)Cl.OCC(Cl)Cl.OCC(Cl)Cl.OCC(Cl)Cl.OCC(Cl)Cl.OCC(Cl)Cl.OCC(Cl)Cl.OCC(Cl)Cl.OCC(Cl)Cl.OCC(Cl)Cl.OCC(Cl)Cl.OCC(Cl)Cl. The average Bonchev–Trinajstić information content (AvgIpc) is 3.58. The minimum absolute atomic E-state index is 0.164. The van der Waals surface area contributed by atoms with Crippen molar-refractivity contribution in [1.82, 2.24) is 0 Å². The van der Waals surface area contributed by atoms with Crippen molar-refractivity contribution in [2.24, 2.45) is 0 Å². The quantitative estimate of drug-likeness (QED) is 0.0475. The molecule has 0 aliphatic carbocycles. The standard InChI is InChI=1S/C3H6Cl2O2.19C2H4Cl2O/c4-3(5,1-6)2-7;19*3-2(4)1-5/h6-7H,1-2H2;19*2,5H,1H2. The molecule has 102 heavy (non-hydrogen) atoms. The summed E-state index contributed by atoms with van der Waals surface area (Å²) in [6.45, 7) is -3.96. The van der Waals surface area contributed by atoms with E-state index in [1.54, 1.807) is 0 Å². The van der Waals surface area contributed by atoms with E-state index >= 15 is 0 Å². The summed E-state index contributed by atoms with van der Waals surface area (Å²) in [4.78, 5) is -11.7. The van der Waals surface area contributed by atoms with E-state index in [4.69, 9.17) is 571 Å². The zero-order chi connectivity index (χ0) is 87.3. The zero-order valence-electron chi connectivity index (χ0n) is 50.8. The van der Waals surface area contributed by atoms with Crippen LogP contribution in [0.1, 0.15) is 0 Å². The first kappa shape index (κ1) is 164. The first-order valence-corrected chi connectivity index (χ1v) is 41.1. The van der Waals surface area contributed by atoms with Crippen molar-refractivity contribution in [1.29, 1.82) is 0 Å². The maximum Gasteiger partial charge on any atom is 0.163 e. The van der Waals surface area contributed by atoms with Crippen LogP contribution in [0.25, 0.3) is 0 Å². The molecule has 21 N–H and O–H groups in total. The highest BCUT2D eigenvalue weighted by Crippen LogP contribution is 2.17. The highest BCUT2D eigenvalue weighted by molar-refractivity contribution is 6.51. The first-order valence-electron chi connectivity index (χ1n) is 23.8. The third-order valence-corrected chi connectivity index (χ3v) is 8.81. The number of rotatable bonds is 21. The Bertz CT molecular complexity index is 859. The van der Waals surface area contributed by atoms with Crippen LogP contribution < -0.4 is 0 Å². The minimum atomic E-state index is -1.36. The lowest BCUT2D eigenvalue weighted by molar-refractivity contribution is 0.208. The highest BCUT2D eigenvalue weighted by atomic mass is 35.6. The largest absolute Gasteiger partial charge is 0.394 e. The molecule has 0 rings (SSSR count). The Morgan fingerprint density at radius 3 is 0.147 bits per heavy atom. The number of aliphatic hydroxyl groups excluding tert-OH is 21. The monoisotopic (exact) mass is 2310 g/mol. The summed E-state index contributed by atoms with van der Waals surface area (Å²) < 4.78 is -1.36. The van der Waals surface area contributed by atoms with Gasteiger partial charge in [0.2, 0.25) is 0 Å². The summed E-state index contributed by atoms with van der Waals surface area (Å²) >= 11 is 199. The van der Waals surface area contributed by atoms with Crippen molar-refractivity contribution in [3.05, 3.63) is 0 Å². The van der Waals surface area contributed by atoms with E-state index in [9.17, 15) is 0 Å². The molecule has 0 heterocycles. The Hall–Kier alpha value is 10.8. The van der Waals surface area contributed by atoms with Gasteiger partial charge in [0.15, 0.2) is 4.33 Å². The molecule has 0 unspecified atom stereocenters. The number of aliphatic hydroxyl groups is 21. The summed E-state index contributed by atoms with van der Waals surface area (Å²) in [5.74, 6) is 0. The van der Waals surface area contributed by atoms with Gasteiger partial charge in [0.05, 0.1) is 139 Å². The van der Waals surface area contributed by atoms with Crippen LogP contribution in [0.15, 0.2) is 0 Å². The maximum atomic E-state index is 8.17. The lowest BCUT2D eigenvalue weighted by atomic mass is 10.5. The van der Waals surface area contributed by atoms with Crippen LogP contribution in [0.5, 0.6) is 0 Å². The zero-order valence-corrected chi connectivity index (χ0v) is 81.1. The summed E-state index contributed by atoms with van der Waals surface area (Å²) in [7, 11) is 0. The molecule has 0 aromatic carbocycles. The molecule has 0 bridgehead atoms. The number of alkyl halides is 40. The third-order valence-electron chi connectivity index (χ3n) is 3.08. The highest BCUT2D eigenvalue weighted by Gasteiger charge is 2.20. The van der Waals surface area contributed by atoms with E-state index in [0.717, 1.165) is 0 Å². The second kappa shape index (κ2) is 153. The Morgan fingerprint density at radius 2 is 0.147 bits per heavy atom. The van der Waals surface area contributed by atoms with Crippen molar-refractivity contribution >= 4 is 464 Å². The fourth-order valence-corrected chi connectivity index (χ4v) is 0.0500. The third kappa shape index (κ3) is 445. The van der Waals surface area contributed by atoms with Crippen LogP contribution in [0.2, 0.25) is 0 Å². The molecule has 0 saturated heterocycles. The fraction of sp³-hybridized carbons (Fsp3) is 1.00. The molecule has 0 aromatic rings. The average molecular weight is 2330 g/mol. The predicted octanol–water partition coefficient (Wildman–Crippen LogP) is 15.0. The Kier molecular flexibility index (Phi) is 245. The topological polar surface area (TPSA) is 425 Å². The molecule has 21 nitrogen and oxygen atoms in total. The van der Waals surface area contributed by atoms with Crippen molar-refractivity contribution < 1.29 is 107 Å². The molecule has 0 aromatic heterocycles. The summed E-state index contributed by atoms with van der Waals surface area (Å²) in [5.41, 5.74) is 0. The molecule has 0 radical (unpaired) electrons. The van der Waals surface area contributed by atoms with Gasteiger partial charge in [-0.25, -0.2) is 0 Å². The maximum absolute atomic E-state index is 8.17. The van der Waals surface area contributed by atoms with Gasteiger partial charge in [-0.2, -0.15) is 0 Å². The van der Waals surface area contributed by atoms with Crippen molar-refractivity contribution in [2.75, 3.05) is 139 Å². The number of hydrogen-bond acceptors (Lipinski definition) is 21. The van der Waals surface area contributed by atoms with Crippen molar-refractivity contribution in [3.8, 4) is 0 Å². The number of halogens is 40. The smallest absolute Gasteiger partial charge is 0.163 e. The predicted molar refractivity (Wildman–Crippen MR) is 458 cm³/mol. The van der Waals surface area contributed by atoms with Gasteiger partial charge in [0.1, 0.15) is 91.9 Å². The molecular formula is C41H82Cl40O21. The van der Waals surface area contributed by atoms with E-state index in [1.807, 2.05) is 0 Å². The molecular weight excluding hydrogens is 2250 g/mol. The van der Waals surface area contributed by atoms with Crippen LogP contribution in [-0.4, -0.2) is 342 Å². The van der Waals surface area contributed by atoms with Gasteiger partial charge in [-0.3, -0.25) is 0 Å². The van der Waals surface area contributed by atoms with E-state index < -0.39 is 109 Å².